The molecule has 2 N–H and O–H groups in total. The maximum Gasteiger partial charge on any atom is 0.243 e. The van der Waals surface area contributed by atoms with Gasteiger partial charge in [0, 0.05) is 18.3 Å². The molecule has 0 radical (unpaired) electrons. The van der Waals surface area contributed by atoms with Crippen LogP contribution in [0.5, 0.6) is 11.6 Å². The minimum absolute atomic E-state index is 0.0419. The molecule has 32 heavy (non-hydrogen) atoms. The second-order valence-corrected chi connectivity index (χ2v) is 9.06. The van der Waals surface area contributed by atoms with Crippen molar-refractivity contribution in [1.29, 1.82) is 0 Å². The van der Waals surface area contributed by atoms with Crippen molar-refractivity contribution in [3.63, 3.8) is 0 Å². The summed E-state index contributed by atoms with van der Waals surface area (Å²) >= 11 is 0. The number of ether oxygens (including phenoxy) is 1. The van der Waals surface area contributed by atoms with Gasteiger partial charge in [-0.1, -0.05) is 58.0 Å². The van der Waals surface area contributed by atoms with E-state index in [-0.39, 0.29) is 5.41 Å². The minimum Gasteiger partial charge on any atom is -0.437 e. The molecule has 166 valence electrons. The molecular weight excluding hydrogens is 398 g/mol. The lowest BCUT2D eigenvalue weighted by Gasteiger charge is -2.22. The molecule has 0 amide bonds. The van der Waals surface area contributed by atoms with Gasteiger partial charge in [0.25, 0.3) is 0 Å². The number of anilines is 2. The van der Waals surface area contributed by atoms with Gasteiger partial charge in [0.2, 0.25) is 11.8 Å². The van der Waals surface area contributed by atoms with Crippen molar-refractivity contribution in [2.75, 3.05) is 18.9 Å². The predicted molar refractivity (Wildman–Crippen MR) is 131 cm³/mol. The molecule has 6 heteroatoms. The number of rotatable bonds is 7. The van der Waals surface area contributed by atoms with E-state index in [0.717, 1.165) is 41.1 Å². The average molecular weight is 430 g/mol. The van der Waals surface area contributed by atoms with Crippen LogP contribution in [0.1, 0.15) is 38.8 Å². The Balaban J connectivity index is 1.64. The molecule has 0 bridgehead atoms. The van der Waals surface area contributed by atoms with Crippen LogP contribution in [0.3, 0.4) is 0 Å². The quantitative estimate of drug-likeness (QED) is 0.364. The van der Waals surface area contributed by atoms with Crippen LogP contribution in [0.25, 0.3) is 11.0 Å². The lowest BCUT2D eigenvalue weighted by atomic mass is 9.86. The molecule has 0 atom stereocenters. The Morgan fingerprint density at radius 3 is 2.62 bits per heavy atom. The van der Waals surface area contributed by atoms with E-state index in [2.05, 4.69) is 67.1 Å². The molecule has 0 unspecified atom stereocenters. The number of aromatic amines is 1. The number of pyridine rings is 1. The molecule has 0 aliphatic rings. The molecule has 4 aromatic rings. The Hall–Kier alpha value is -3.38. The minimum atomic E-state index is -0.0419. The van der Waals surface area contributed by atoms with E-state index in [1.54, 1.807) is 6.20 Å². The zero-order valence-electron chi connectivity index (χ0n) is 19.4. The highest BCUT2D eigenvalue weighted by molar-refractivity contribution is 5.82. The van der Waals surface area contributed by atoms with Crippen LogP contribution < -0.4 is 10.1 Å². The van der Waals surface area contributed by atoms with Gasteiger partial charge in [-0.25, -0.2) is 9.97 Å². The van der Waals surface area contributed by atoms with Crippen LogP contribution in [0.4, 0.5) is 11.6 Å². The lowest BCUT2D eigenvalue weighted by molar-refractivity contribution is 0.347. The first-order valence-corrected chi connectivity index (χ1v) is 11.0. The van der Waals surface area contributed by atoms with Crippen molar-refractivity contribution < 1.29 is 4.74 Å². The molecule has 2 aromatic carbocycles. The smallest absolute Gasteiger partial charge is 0.243 e. The third-order valence-corrected chi connectivity index (χ3v) is 5.51. The molecule has 0 saturated heterocycles. The molecular formula is C26H31N5O. The summed E-state index contributed by atoms with van der Waals surface area (Å²) in [5, 5.41) is 3.37. The first-order valence-electron chi connectivity index (χ1n) is 11.0. The SMILES string of the molecule is CCN(C)Cc1cccc2nc(Nc3cccnc3Oc3ccccc3C(C)(C)C)[nH]c12. The lowest BCUT2D eigenvalue weighted by Crippen LogP contribution is -2.16. The van der Waals surface area contributed by atoms with Crippen molar-refractivity contribution in [2.24, 2.45) is 0 Å². The van der Waals surface area contributed by atoms with Crippen LogP contribution in [0, 0.1) is 0 Å². The normalized spacial score (nSPS) is 11.8. The van der Waals surface area contributed by atoms with E-state index < -0.39 is 0 Å². The Morgan fingerprint density at radius 2 is 1.84 bits per heavy atom. The Kier molecular flexibility index (Phi) is 6.15. The maximum absolute atomic E-state index is 6.28. The number of fused-ring (bicyclic) bond motifs is 1. The monoisotopic (exact) mass is 429 g/mol. The van der Waals surface area contributed by atoms with E-state index in [9.17, 15) is 0 Å². The molecule has 0 spiro atoms. The summed E-state index contributed by atoms with van der Waals surface area (Å²) in [6, 6.07) is 18.1. The number of benzene rings is 2. The van der Waals surface area contributed by atoms with E-state index in [4.69, 9.17) is 9.72 Å². The highest BCUT2D eigenvalue weighted by atomic mass is 16.5. The molecule has 0 aliphatic heterocycles. The van der Waals surface area contributed by atoms with Crippen molar-refractivity contribution in [3.8, 4) is 11.6 Å². The van der Waals surface area contributed by atoms with Gasteiger partial charge in [0.05, 0.1) is 11.0 Å². The average Bonchev–Trinajstić information content (AvgIpc) is 3.18. The zero-order valence-corrected chi connectivity index (χ0v) is 19.4. The van der Waals surface area contributed by atoms with Gasteiger partial charge < -0.3 is 19.9 Å². The third-order valence-electron chi connectivity index (χ3n) is 5.51. The molecule has 0 aliphatic carbocycles. The van der Waals surface area contributed by atoms with E-state index >= 15 is 0 Å². The Labute approximate surface area is 189 Å². The second-order valence-electron chi connectivity index (χ2n) is 9.06. The molecule has 0 fully saturated rings. The van der Waals surface area contributed by atoms with Crippen molar-refractivity contribution in [1.82, 2.24) is 19.9 Å². The van der Waals surface area contributed by atoms with Gasteiger partial charge in [-0.15, -0.1) is 0 Å². The molecule has 6 nitrogen and oxygen atoms in total. The topological polar surface area (TPSA) is 66.1 Å². The van der Waals surface area contributed by atoms with Crippen LogP contribution >= 0.6 is 0 Å². The molecule has 2 heterocycles. The highest BCUT2D eigenvalue weighted by Gasteiger charge is 2.20. The van der Waals surface area contributed by atoms with Crippen LogP contribution in [-0.2, 0) is 12.0 Å². The van der Waals surface area contributed by atoms with E-state index in [1.807, 2.05) is 42.5 Å². The summed E-state index contributed by atoms with van der Waals surface area (Å²) in [6.45, 7) is 10.5. The first kappa shape index (κ1) is 21.8. The number of nitrogens with one attached hydrogen (secondary N) is 2. The van der Waals surface area contributed by atoms with Gasteiger partial charge in [0.1, 0.15) is 11.4 Å². The van der Waals surface area contributed by atoms with Gasteiger partial charge >= 0.3 is 0 Å². The van der Waals surface area contributed by atoms with Gasteiger partial charge in [-0.2, -0.15) is 0 Å². The summed E-state index contributed by atoms with van der Waals surface area (Å²) in [4.78, 5) is 14.9. The second kappa shape index (κ2) is 9.01. The summed E-state index contributed by atoms with van der Waals surface area (Å²) in [6.07, 6.45) is 1.73. The number of imidazole rings is 1. The maximum atomic E-state index is 6.28. The summed E-state index contributed by atoms with van der Waals surface area (Å²) in [5.41, 5.74) is 5.03. The summed E-state index contributed by atoms with van der Waals surface area (Å²) < 4.78 is 6.28. The van der Waals surface area contributed by atoms with Crippen molar-refractivity contribution in [3.05, 3.63) is 71.9 Å². The predicted octanol–water partition coefficient (Wildman–Crippen LogP) is 6.24. The van der Waals surface area contributed by atoms with E-state index in [1.165, 1.54) is 5.56 Å². The number of hydrogen-bond donors (Lipinski definition) is 2. The van der Waals surface area contributed by atoms with Gasteiger partial charge in [-0.05, 0) is 48.8 Å². The number of hydrogen-bond acceptors (Lipinski definition) is 5. The number of para-hydroxylation sites is 2. The number of nitrogens with zero attached hydrogens (tertiary/aromatic N) is 3. The number of aromatic nitrogens is 3. The van der Waals surface area contributed by atoms with Crippen LogP contribution in [0.15, 0.2) is 60.8 Å². The Morgan fingerprint density at radius 1 is 1.03 bits per heavy atom. The first-order chi connectivity index (χ1) is 15.3. The van der Waals surface area contributed by atoms with E-state index in [0.29, 0.717) is 11.8 Å². The fourth-order valence-corrected chi connectivity index (χ4v) is 3.66. The van der Waals surface area contributed by atoms with Crippen molar-refractivity contribution in [2.45, 2.75) is 39.7 Å². The molecule has 4 rings (SSSR count). The Bertz CT molecular complexity index is 1210. The molecule has 2 aromatic heterocycles. The number of H-pyrrole nitrogens is 1. The highest BCUT2D eigenvalue weighted by Crippen LogP contribution is 2.36. The largest absolute Gasteiger partial charge is 0.437 e. The van der Waals surface area contributed by atoms with Crippen LogP contribution in [-0.4, -0.2) is 33.4 Å². The standard InChI is InChI=1S/C26H31N5O/c1-6-31(5)17-18-11-9-13-20-23(18)30-25(28-20)29-21-14-10-16-27-24(21)32-22-15-8-7-12-19(22)26(2,3)4/h7-16H,6,17H2,1-5H3,(H2,28,29,30). The third kappa shape index (κ3) is 4.75. The fraction of sp³-hybridized carbons (Fsp3) is 0.308. The van der Waals surface area contributed by atoms with Crippen molar-refractivity contribution >= 4 is 22.7 Å². The summed E-state index contributed by atoms with van der Waals surface area (Å²) in [7, 11) is 2.11. The van der Waals surface area contributed by atoms with Crippen LogP contribution in [0.2, 0.25) is 0 Å². The summed E-state index contributed by atoms with van der Waals surface area (Å²) in [5.74, 6) is 1.97. The zero-order chi connectivity index (χ0) is 22.7. The van der Waals surface area contributed by atoms with Gasteiger partial charge in [-0.3, -0.25) is 0 Å². The molecule has 0 saturated carbocycles. The fourth-order valence-electron chi connectivity index (χ4n) is 3.66. The van der Waals surface area contributed by atoms with Gasteiger partial charge in [0.15, 0.2) is 0 Å².